The summed E-state index contributed by atoms with van der Waals surface area (Å²) in [7, 11) is 0. The molecule has 0 amide bonds. The van der Waals surface area contributed by atoms with Gasteiger partial charge in [0.2, 0.25) is 0 Å². The van der Waals surface area contributed by atoms with E-state index in [-0.39, 0.29) is 18.4 Å². The third-order valence-corrected chi connectivity index (χ3v) is 4.29. The lowest BCUT2D eigenvalue weighted by molar-refractivity contribution is 0.0526. The maximum absolute atomic E-state index is 11.6. The van der Waals surface area contributed by atoms with Crippen LogP contribution in [0, 0.1) is 0 Å². The van der Waals surface area contributed by atoms with Gasteiger partial charge in [0.25, 0.3) is 0 Å². The van der Waals surface area contributed by atoms with Crippen molar-refractivity contribution in [2.45, 2.75) is 50.7 Å². The van der Waals surface area contributed by atoms with Crippen molar-refractivity contribution in [3.05, 3.63) is 23.9 Å². The molecule has 116 valence electrons. The third-order valence-electron chi connectivity index (χ3n) is 4.29. The number of hydrogen-bond donors (Lipinski definition) is 1. The minimum atomic E-state index is -0.310. The van der Waals surface area contributed by atoms with Gasteiger partial charge in [0.1, 0.15) is 5.82 Å². The summed E-state index contributed by atoms with van der Waals surface area (Å²) in [6.07, 6.45) is 6.08. The van der Waals surface area contributed by atoms with Crippen LogP contribution >= 0.6 is 12.4 Å². The summed E-state index contributed by atoms with van der Waals surface area (Å²) in [6.45, 7) is 2.18. The Hall–Kier alpha value is -1.33. The molecule has 2 N–H and O–H groups in total. The lowest BCUT2D eigenvalue weighted by Gasteiger charge is -2.38. The second-order valence-corrected chi connectivity index (χ2v) is 5.65. The van der Waals surface area contributed by atoms with Gasteiger partial charge in [0.05, 0.1) is 12.2 Å². The van der Waals surface area contributed by atoms with Crippen molar-refractivity contribution in [1.82, 2.24) is 4.98 Å². The highest BCUT2D eigenvalue weighted by Crippen LogP contribution is 2.37. The summed E-state index contributed by atoms with van der Waals surface area (Å²) in [4.78, 5) is 18.5. The number of nitrogens with two attached hydrogens (primary N) is 1. The molecule has 0 aromatic carbocycles. The van der Waals surface area contributed by atoms with E-state index in [0.29, 0.717) is 30.3 Å². The zero-order chi connectivity index (χ0) is 14.1. The number of pyridine rings is 1. The zero-order valence-corrected chi connectivity index (χ0v) is 13.0. The average Bonchev–Trinajstić information content (AvgIpc) is 2.71. The number of halogens is 1. The summed E-state index contributed by atoms with van der Waals surface area (Å²) >= 11 is 0. The van der Waals surface area contributed by atoms with E-state index in [1.54, 1.807) is 19.2 Å². The van der Waals surface area contributed by atoms with E-state index in [4.69, 9.17) is 10.5 Å². The van der Waals surface area contributed by atoms with Gasteiger partial charge in [-0.2, -0.15) is 0 Å². The van der Waals surface area contributed by atoms with Crippen LogP contribution in [0.25, 0.3) is 0 Å². The molecule has 2 aliphatic heterocycles. The lowest BCUT2D eigenvalue weighted by atomic mass is 9.98. The Labute approximate surface area is 131 Å². The van der Waals surface area contributed by atoms with Crippen molar-refractivity contribution in [2.75, 3.05) is 11.5 Å². The van der Waals surface area contributed by atoms with Crippen LogP contribution in [0.4, 0.5) is 5.82 Å². The van der Waals surface area contributed by atoms with Crippen LogP contribution in [0.3, 0.4) is 0 Å². The smallest absolute Gasteiger partial charge is 0.339 e. The fraction of sp³-hybridized carbons (Fsp3) is 0.600. The molecule has 0 aliphatic carbocycles. The van der Waals surface area contributed by atoms with Crippen LogP contribution in [0.15, 0.2) is 18.3 Å². The van der Waals surface area contributed by atoms with Crippen LogP contribution in [0.5, 0.6) is 0 Å². The SMILES string of the molecule is CCOC(=O)c1ccc(N2C3CCC2CC(N)C3)nc1.Cl. The maximum Gasteiger partial charge on any atom is 0.339 e. The van der Waals surface area contributed by atoms with E-state index in [0.717, 1.165) is 18.7 Å². The fourth-order valence-electron chi connectivity index (χ4n) is 3.47. The van der Waals surface area contributed by atoms with Crippen molar-refractivity contribution in [3.8, 4) is 0 Å². The number of fused-ring (bicyclic) bond motifs is 2. The molecule has 2 atom stereocenters. The lowest BCUT2D eigenvalue weighted by Crippen LogP contribution is -2.47. The highest BCUT2D eigenvalue weighted by Gasteiger charge is 2.40. The largest absolute Gasteiger partial charge is 0.462 e. The molecule has 2 fully saturated rings. The number of aromatic nitrogens is 1. The first-order chi connectivity index (χ1) is 9.69. The van der Waals surface area contributed by atoms with Gasteiger partial charge in [0.15, 0.2) is 0 Å². The number of carbonyl (C=O) groups excluding carboxylic acids is 1. The minimum Gasteiger partial charge on any atom is -0.462 e. The van der Waals surface area contributed by atoms with E-state index in [2.05, 4.69) is 9.88 Å². The molecule has 0 radical (unpaired) electrons. The molecule has 1 aromatic heterocycles. The average molecular weight is 312 g/mol. The number of rotatable bonds is 3. The molecule has 2 unspecified atom stereocenters. The van der Waals surface area contributed by atoms with Crippen molar-refractivity contribution in [2.24, 2.45) is 5.73 Å². The predicted octanol–water partition coefficient (Wildman–Crippen LogP) is 2.14. The second-order valence-electron chi connectivity index (χ2n) is 5.65. The monoisotopic (exact) mass is 311 g/mol. The van der Waals surface area contributed by atoms with Gasteiger partial charge >= 0.3 is 5.97 Å². The normalized spacial score (nSPS) is 27.1. The van der Waals surface area contributed by atoms with Gasteiger partial charge in [-0.3, -0.25) is 0 Å². The Bertz CT molecular complexity index is 480. The molecule has 21 heavy (non-hydrogen) atoms. The summed E-state index contributed by atoms with van der Waals surface area (Å²) in [5, 5.41) is 0. The molecule has 2 bridgehead atoms. The van der Waals surface area contributed by atoms with Crippen molar-refractivity contribution in [1.29, 1.82) is 0 Å². The molecular weight excluding hydrogens is 290 g/mol. The Morgan fingerprint density at radius 1 is 1.38 bits per heavy atom. The van der Waals surface area contributed by atoms with Crippen LogP contribution in [-0.2, 0) is 4.74 Å². The second kappa shape index (κ2) is 6.62. The van der Waals surface area contributed by atoms with Gasteiger partial charge in [-0.25, -0.2) is 9.78 Å². The van der Waals surface area contributed by atoms with Crippen LogP contribution in [0.2, 0.25) is 0 Å². The summed E-state index contributed by atoms with van der Waals surface area (Å²) < 4.78 is 4.97. The zero-order valence-electron chi connectivity index (χ0n) is 12.2. The quantitative estimate of drug-likeness (QED) is 0.866. The van der Waals surface area contributed by atoms with E-state index in [1.807, 2.05) is 6.07 Å². The molecule has 1 aromatic rings. The molecule has 0 spiro atoms. The van der Waals surface area contributed by atoms with E-state index < -0.39 is 0 Å². The van der Waals surface area contributed by atoms with Gasteiger partial charge in [0, 0.05) is 24.3 Å². The number of piperidine rings is 1. The molecule has 2 aliphatic rings. The Morgan fingerprint density at radius 2 is 2.05 bits per heavy atom. The molecule has 5 nitrogen and oxygen atoms in total. The Balaban J connectivity index is 0.00000161. The maximum atomic E-state index is 11.6. The highest BCUT2D eigenvalue weighted by molar-refractivity contribution is 5.89. The predicted molar refractivity (Wildman–Crippen MR) is 83.9 cm³/mol. The van der Waals surface area contributed by atoms with Crippen LogP contribution in [0.1, 0.15) is 43.0 Å². The minimum absolute atomic E-state index is 0. The molecular formula is C15H22ClN3O2. The molecule has 3 heterocycles. The van der Waals surface area contributed by atoms with E-state index in [1.165, 1.54) is 12.8 Å². The number of carbonyl (C=O) groups is 1. The number of hydrogen-bond acceptors (Lipinski definition) is 5. The van der Waals surface area contributed by atoms with Crippen molar-refractivity contribution in [3.63, 3.8) is 0 Å². The van der Waals surface area contributed by atoms with Gasteiger partial charge in [-0.05, 0) is 44.7 Å². The Morgan fingerprint density at radius 3 is 2.57 bits per heavy atom. The van der Waals surface area contributed by atoms with Crippen LogP contribution < -0.4 is 10.6 Å². The van der Waals surface area contributed by atoms with Gasteiger partial charge in [-0.15, -0.1) is 12.4 Å². The molecule has 6 heteroatoms. The first kappa shape index (κ1) is 16.0. The van der Waals surface area contributed by atoms with Gasteiger partial charge < -0.3 is 15.4 Å². The molecule has 3 rings (SSSR count). The fourth-order valence-corrected chi connectivity index (χ4v) is 3.47. The standard InChI is InChI=1S/C15H21N3O2.ClH/c1-2-20-15(19)10-3-6-14(17-9-10)18-12-4-5-13(18)8-11(16)7-12;/h3,6,9,11-13H,2,4-5,7-8,16H2,1H3;1H. The molecule has 2 saturated heterocycles. The highest BCUT2D eigenvalue weighted by atomic mass is 35.5. The first-order valence-electron chi connectivity index (χ1n) is 7.36. The summed E-state index contributed by atoms with van der Waals surface area (Å²) in [6, 6.07) is 5.06. The third kappa shape index (κ3) is 3.14. The van der Waals surface area contributed by atoms with Crippen molar-refractivity contribution >= 4 is 24.2 Å². The van der Waals surface area contributed by atoms with Gasteiger partial charge in [-0.1, -0.05) is 0 Å². The first-order valence-corrected chi connectivity index (χ1v) is 7.36. The number of ether oxygens (including phenoxy) is 1. The van der Waals surface area contributed by atoms with E-state index in [9.17, 15) is 4.79 Å². The topological polar surface area (TPSA) is 68.5 Å². The summed E-state index contributed by atoms with van der Waals surface area (Å²) in [5.74, 6) is 0.646. The Kier molecular flexibility index (Phi) is 5.06. The van der Waals surface area contributed by atoms with Crippen LogP contribution in [-0.4, -0.2) is 35.7 Å². The summed E-state index contributed by atoms with van der Waals surface area (Å²) in [5.41, 5.74) is 6.60. The number of anilines is 1. The molecule has 0 saturated carbocycles. The number of nitrogens with zero attached hydrogens (tertiary/aromatic N) is 2. The number of esters is 1. The van der Waals surface area contributed by atoms with E-state index >= 15 is 0 Å². The van der Waals surface area contributed by atoms with Crippen molar-refractivity contribution < 1.29 is 9.53 Å².